The molecular formula is C18H25N3O3. The molecule has 2 amide bonds. The van der Waals surface area contributed by atoms with E-state index in [9.17, 15) is 9.59 Å². The Bertz CT molecular complexity index is 574. The van der Waals surface area contributed by atoms with Crippen molar-refractivity contribution in [2.45, 2.75) is 51.9 Å². The predicted octanol–water partition coefficient (Wildman–Crippen LogP) is 3.24. The number of carbonyl (C=O) groups is 2. The lowest BCUT2D eigenvalue weighted by atomic mass is 9.99. The number of nitrogens with one attached hydrogen (secondary N) is 2. The molecule has 24 heavy (non-hydrogen) atoms. The number of ether oxygens (including phenoxy) is 1. The van der Waals surface area contributed by atoms with E-state index in [1.807, 2.05) is 6.92 Å². The van der Waals surface area contributed by atoms with E-state index in [1.54, 1.807) is 24.3 Å². The van der Waals surface area contributed by atoms with Gasteiger partial charge in [-0.15, -0.1) is 0 Å². The summed E-state index contributed by atoms with van der Waals surface area (Å²) in [6.45, 7) is 2.52. The van der Waals surface area contributed by atoms with Gasteiger partial charge < -0.3 is 10.1 Å². The summed E-state index contributed by atoms with van der Waals surface area (Å²) >= 11 is 0. The Morgan fingerprint density at radius 1 is 1.04 bits per heavy atom. The van der Waals surface area contributed by atoms with Crippen molar-refractivity contribution in [2.75, 3.05) is 11.9 Å². The molecule has 0 atom stereocenters. The predicted molar refractivity (Wildman–Crippen MR) is 94.1 cm³/mol. The molecule has 0 radical (unpaired) electrons. The minimum absolute atomic E-state index is 0.125. The standard InChI is InChI=1S/C18H25N3O3/c1-2-24-16-10-8-14(9-11-16)19-17(22)12-13-18(23)21-20-15-6-4-3-5-7-15/h8-11H,2-7,12-13H2,1H3,(H,19,22)(H,21,23). The molecule has 1 aliphatic carbocycles. The molecule has 0 spiro atoms. The molecule has 0 aliphatic heterocycles. The van der Waals surface area contributed by atoms with Gasteiger partial charge in [-0.1, -0.05) is 6.42 Å². The van der Waals surface area contributed by atoms with Gasteiger partial charge in [0.05, 0.1) is 6.61 Å². The number of hydrogen-bond acceptors (Lipinski definition) is 4. The molecule has 6 nitrogen and oxygen atoms in total. The Labute approximate surface area is 142 Å². The van der Waals surface area contributed by atoms with Crippen LogP contribution in [0.5, 0.6) is 5.75 Å². The van der Waals surface area contributed by atoms with Crippen LogP contribution in [0.1, 0.15) is 51.9 Å². The number of amides is 2. The zero-order chi connectivity index (χ0) is 17.2. The highest BCUT2D eigenvalue weighted by Crippen LogP contribution is 2.16. The SMILES string of the molecule is CCOc1ccc(NC(=O)CCC(=O)NN=C2CCCCC2)cc1. The summed E-state index contributed by atoms with van der Waals surface area (Å²) in [7, 11) is 0. The van der Waals surface area contributed by atoms with Gasteiger partial charge in [0.15, 0.2) is 0 Å². The molecule has 0 aromatic heterocycles. The van der Waals surface area contributed by atoms with Gasteiger partial charge in [-0.25, -0.2) is 5.43 Å². The van der Waals surface area contributed by atoms with Crippen LogP contribution in [0.2, 0.25) is 0 Å². The number of benzene rings is 1. The summed E-state index contributed by atoms with van der Waals surface area (Å²) in [6, 6.07) is 7.15. The first-order valence-electron chi connectivity index (χ1n) is 8.54. The second-order valence-electron chi connectivity index (χ2n) is 5.78. The third-order valence-electron chi connectivity index (χ3n) is 3.80. The molecule has 0 saturated heterocycles. The molecule has 0 unspecified atom stereocenters. The van der Waals surface area contributed by atoms with E-state index in [4.69, 9.17) is 4.74 Å². The van der Waals surface area contributed by atoms with Crippen LogP contribution >= 0.6 is 0 Å². The van der Waals surface area contributed by atoms with E-state index in [1.165, 1.54) is 6.42 Å². The van der Waals surface area contributed by atoms with Gasteiger partial charge in [0.2, 0.25) is 11.8 Å². The van der Waals surface area contributed by atoms with Crippen molar-refractivity contribution >= 4 is 23.2 Å². The maximum Gasteiger partial charge on any atom is 0.240 e. The number of rotatable bonds is 7. The molecule has 1 fully saturated rings. The Balaban J connectivity index is 1.69. The largest absolute Gasteiger partial charge is 0.494 e. The second-order valence-corrected chi connectivity index (χ2v) is 5.78. The van der Waals surface area contributed by atoms with Gasteiger partial charge >= 0.3 is 0 Å². The van der Waals surface area contributed by atoms with Crippen LogP contribution in [0.25, 0.3) is 0 Å². The average molecular weight is 331 g/mol. The fourth-order valence-corrected chi connectivity index (χ4v) is 2.52. The maximum atomic E-state index is 11.9. The summed E-state index contributed by atoms with van der Waals surface area (Å²) in [6.07, 6.45) is 5.68. The lowest BCUT2D eigenvalue weighted by Crippen LogP contribution is -2.22. The zero-order valence-electron chi connectivity index (χ0n) is 14.1. The summed E-state index contributed by atoms with van der Waals surface area (Å²) in [5.74, 6) is 0.339. The van der Waals surface area contributed by atoms with Gasteiger partial charge in [0, 0.05) is 24.2 Å². The lowest BCUT2D eigenvalue weighted by molar-refractivity contribution is -0.124. The molecule has 0 bridgehead atoms. The normalized spacial score (nSPS) is 14.0. The highest BCUT2D eigenvalue weighted by Gasteiger charge is 2.09. The molecular weight excluding hydrogens is 306 g/mol. The van der Waals surface area contributed by atoms with E-state index in [2.05, 4.69) is 15.8 Å². The van der Waals surface area contributed by atoms with Gasteiger partial charge in [0.1, 0.15) is 5.75 Å². The fourth-order valence-electron chi connectivity index (χ4n) is 2.52. The smallest absolute Gasteiger partial charge is 0.240 e. The van der Waals surface area contributed by atoms with Crippen LogP contribution in [-0.4, -0.2) is 24.1 Å². The molecule has 0 heterocycles. The van der Waals surface area contributed by atoms with Gasteiger partial charge in [0.25, 0.3) is 0 Å². The van der Waals surface area contributed by atoms with Crippen LogP contribution in [0.4, 0.5) is 5.69 Å². The number of hydrogen-bond donors (Lipinski definition) is 2. The highest BCUT2D eigenvalue weighted by atomic mass is 16.5. The lowest BCUT2D eigenvalue weighted by Gasteiger charge is -2.12. The van der Waals surface area contributed by atoms with E-state index in [-0.39, 0.29) is 24.7 Å². The van der Waals surface area contributed by atoms with Gasteiger partial charge in [-0.05, 0) is 56.9 Å². The highest BCUT2D eigenvalue weighted by molar-refractivity contribution is 5.93. The topological polar surface area (TPSA) is 79.8 Å². The number of hydrazone groups is 1. The van der Waals surface area contributed by atoms with Crippen molar-refractivity contribution in [2.24, 2.45) is 5.10 Å². The first-order chi connectivity index (χ1) is 11.7. The summed E-state index contributed by atoms with van der Waals surface area (Å²) < 4.78 is 5.34. The van der Waals surface area contributed by atoms with Crippen molar-refractivity contribution in [1.82, 2.24) is 5.43 Å². The first kappa shape index (κ1) is 18.0. The Kier molecular flexibility index (Phi) is 7.26. The number of carbonyl (C=O) groups excluding carboxylic acids is 2. The van der Waals surface area contributed by atoms with Crippen LogP contribution in [0.15, 0.2) is 29.4 Å². The molecule has 1 aromatic carbocycles. The minimum Gasteiger partial charge on any atom is -0.494 e. The van der Waals surface area contributed by atoms with Gasteiger partial charge in [-0.3, -0.25) is 9.59 Å². The van der Waals surface area contributed by atoms with Crippen molar-refractivity contribution in [3.05, 3.63) is 24.3 Å². The monoisotopic (exact) mass is 331 g/mol. The fraction of sp³-hybridized carbons (Fsp3) is 0.500. The van der Waals surface area contributed by atoms with Crippen LogP contribution in [-0.2, 0) is 9.59 Å². The Morgan fingerprint density at radius 2 is 1.71 bits per heavy atom. The van der Waals surface area contributed by atoms with Crippen molar-refractivity contribution in [1.29, 1.82) is 0 Å². The summed E-state index contributed by atoms with van der Waals surface area (Å²) in [5, 5.41) is 6.91. The van der Waals surface area contributed by atoms with E-state index >= 15 is 0 Å². The van der Waals surface area contributed by atoms with Crippen molar-refractivity contribution in [3.8, 4) is 5.75 Å². The molecule has 1 aromatic rings. The summed E-state index contributed by atoms with van der Waals surface area (Å²) in [5.41, 5.74) is 4.28. The van der Waals surface area contributed by atoms with Crippen LogP contribution < -0.4 is 15.5 Å². The molecule has 130 valence electrons. The minimum atomic E-state index is -0.227. The first-order valence-corrected chi connectivity index (χ1v) is 8.54. The van der Waals surface area contributed by atoms with Crippen molar-refractivity contribution < 1.29 is 14.3 Å². The molecule has 6 heteroatoms. The van der Waals surface area contributed by atoms with Crippen LogP contribution in [0, 0.1) is 0 Å². The van der Waals surface area contributed by atoms with E-state index in [0.29, 0.717) is 12.3 Å². The van der Waals surface area contributed by atoms with E-state index < -0.39 is 0 Å². The van der Waals surface area contributed by atoms with E-state index in [0.717, 1.165) is 37.1 Å². The Morgan fingerprint density at radius 3 is 2.38 bits per heavy atom. The quantitative estimate of drug-likeness (QED) is 0.753. The third-order valence-corrected chi connectivity index (χ3v) is 3.80. The Hall–Kier alpha value is -2.37. The van der Waals surface area contributed by atoms with Gasteiger partial charge in [-0.2, -0.15) is 5.10 Å². The van der Waals surface area contributed by atoms with Crippen LogP contribution in [0.3, 0.4) is 0 Å². The molecule has 2 rings (SSSR count). The number of anilines is 1. The zero-order valence-corrected chi connectivity index (χ0v) is 14.1. The average Bonchev–Trinajstić information content (AvgIpc) is 2.61. The maximum absolute atomic E-state index is 11.9. The molecule has 1 aliphatic rings. The second kappa shape index (κ2) is 9.70. The number of nitrogens with zero attached hydrogens (tertiary/aromatic N) is 1. The van der Waals surface area contributed by atoms with Crippen molar-refractivity contribution in [3.63, 3.8) is 0 Å². The molecule has 2 N–H and O–H groups in total. The summed E-state index contributed by atoms with van der Waals surface area (Å²) in [4.78, 5) is 23.6. The third kappa shape index (κ3) is 6.40. The molecule has 1 saturated carbocycles.